The number of benzene rings is 4. The van der Waals surface area contributed by atoms with E-state index >= 15 is 0 Å². The van der Waals surface area contributed by atoms with Gasteiger partial charge < -0.3 is 10.6 Å². The summed E-state index contributed by atoms with van der Waals surface area (Å²) >= 11 is 0. The van der Waals surface area contributed by atoms with E-state index in [0.717, 1.165) is 18.2 Å². The summed E-state index contributed by atoms with van der Waals surface area (Å²) in [6.45, 7) is 0. The van der Waals surface area contributed by atoms with Crippen molar-refractivity contribution in [3.05, 3.63) is 118 Å². The number of hydrogen-bond acceptors (Lipinski definition) is 4. The fraction of sp³-hybridized carbons (Fsp3) is 0. The number of nitrogens with one attached hydrogen (secondary N) is 2. The fourth-order valence-corrected chi connectivity index (χ4v) is 3.39. The Balaban J connectivity index is 1.76. The van der Waals surface area contributed by atoms with E-state index in [-0.39, 0.29) is 11.4 Å². The van der Waals surface area contributed by atoms with Crippen LogP contribution in [0.3, 0.4) is 0 Å². The molecule has 16 heteroatoms. The van der Waals surface area contributed by atoms with Crippen molar-refractivity contribution in [1.29, 1.82) is 0 Å². The topological polar surface area (TPSA) is 82.9 Å². The number of carbonyl (C=O) groups is 2. The first kappa shape index (κ1) is 29.7. The van der Waals surface area contributed by atoms with E-state index in [0.29, 0.717) is 0 Å². The smallest absolute Gasteiger partial charge is 0.261 e. The molecule has 0 aliphatic rings. The predicted molar refractivity (Wildman–Crippen MR) is 125 cm³/mol. The first-order valence-corrected chi connectivity index (χ1v) is 11.1. The third kappa shape index (κ3) is 5.50. The van der Waals surface area contributed by atoms with Gasteiger partial charge in [-0.3, -0.25) is 9.59 Å². The molecule has 0 atom stereocenters. The van der Waals surface area contributed by atoms with Crippen molar-refractivity contribution in [1.82, 2.24) is 0 Å². The van der Waals surface area contributed by atoms with Crippen molar-refractivity contribution in [2.75, 3.05) is 10.6 Å². The molecule has 4 aromatic carbocycles. The maximum Gasteiger partial charge on any atom is 0.261 e. The molecule has 0 radical (unpaired) electrons. The zero-order valence-corrected chi connectivity index (χ0v) is 20.1. The highest BCUT2D eigenvalue weighted by atomic mass is 19.2. The normalized spacial score (nSPS) is 11.2. The molecule has 42 heavy (non-hydrogen) atoms. The summed E-state index contributed by atoms with van der Waals surface area (Å²) in [7, 11) is 0. The van der Waals surface area contributed by atoms with Gasteiger partial charge in [0.15, 0.2) is 46.5 Å². The van der Waals surface area contributed by atoms with Crippen molar-refractivity contribution in [2.24, 2.45) is 10.2 Å². The molecule has 4 aromatic rings. The average Bonchev–Trinajstić information content (AvgIpc) is 2.97. The summed E-state index contributed by atoms with van der Waals surface area (Å²) in [5.41, 5.74) is -4.99. The fourth-order valence-electron chi connectivity index (χ4n) is 3.39. The summed E-state index contributed by atoms with van der Waals surface area (Å²) in [6, 6.07) is 10.4. The van der Waals surface area contributed by atoms with Crippen LogP contribution in [0.5, 0.6) is 0 Å². The third-order valence-corrected chi connectivity index (χ3v) is 5.41. The molecule has 0 bridgehead atoms. The number of azo groups is 1. The molecule has 2 N–H and O–H groups in total. The number of rotatable bonds is 6. The zero-order valence-electron chi connectivity index (χ0n) is 20.1. The Morgan fingerprint density at radius 2 is 0.929 bits per heavy atom. The van der Waals surface area contributed by atoms with Gasteiger partial charge in [-0.1, -0.05) is 18.2 Å². The number of hydrogen-bond donors (Lipinski definition) is 2. The molecule has 0 aliphatic heterocycles. The van der Waals surface area contributed by atoms with Crippen LogP contribution in [0.4, 0.5) is 66.7 Å². The molecule has 0 unspecified atom stereocenters. The van der Waals surface area contributed by atoms with Crippen LogP contribution in [0, 0.1) is 58.2 Å². The Labute approximate surface area is 227 Å². The summed E-state index contributed by atoms with van der Waals surface area (Å²) < 4.78 is 138. The van der Waals surface area contributed by atoms with Crippen LogP contribution >= 0.6 is 0 Å². The van der Waals surface area contributed by atoms with Gasteiger partial charge in [0, 0.05) is 5.69 Å². The van der Waals surface area contributed by atoms with Gasteiger partial charge in [-0.25, -0.2) is 43.9 Å². The van der Waals surface area contributed by atoms with E-state index in [4.69, 9.17) is 0 Å². The molecule has 0 heterocycles. The van der Waals surface area contributed by atoms with Crippen molar-refractivity contribution < 1.29 is 53.5 Å². The van der Waals surface area contributed by atoms with E-state index in [1.54, 1.807) is 23.5 Å². The van der Waals surface area contributed by atoms with E-state index in [1.165, 1.54) is 12.1 Å². The van der Waals surface area contributed by atoms with Gasteiger partial charge in [0.1, 0.15) is 16.8 Å². The molecule has 0 fully saturated rings. The number of anilines is 2. The largest absolute Gasteiger partial charge is 0.322 e. The minimum absolute atomic E-state index is 0.248. The Hall–Kier alpha value is -5.28. The zero-order chi connectivity index (χ0) is 30.9. The second-order valence-corrected chi connectivity index (χ2v) is 8.07. The van der Waals surface area contributed by atoms with Gasteiger partial charge in [0.25, 0.3) is 11.8 Å². The van der Waals surface area contributed by atoms with Crippen LogP contribution in [0.15, 0.2) is 58.8 Å². The minimum Gasteiger partial charge on any atom is -0.322 e. The highest BCUT2D eigenvalue weighted by molar-refractivity contribution is 6.08. The first-order valence-electron chi connectivity index (χ1n) is 11.1. The van der Waals surface area contributed by atoms with Gasteiger partial charge in [0.05, 0.1) is 11.4 Å². The van der Waals surface area contributed by atoms with Crippen LogP contribution in [-0.2, 0) is 0 Å². The van der Waals surface area contributed by atoms with Gasteiger partial charge in [-0.15, -0.1) is 5.11 Å². The van der Waals surface area contributed by atoms with Crippen molar-refractivity contribution in [2.45, 2.75) is 0 Å². The van der Waals surface area contributed by atoms with E-state index in [2.05, 4.69) is 10.2 Å². The van der Waals surface area contributed by atoms with Crippen LogP contribution < -0.4 is 10.6 Å². The van der Waals surface area contributed by atoms with E-state index in [9.17, 15) is 53.5 Å². The maximum absolute atomic E-state index is 14.2. The Morgan fingerprint density at radius 1 is 0.500 bits per heavy atom. The number of halogens is 10. The average molecular weight is 600 g/mol. The molecule has 0 aliphatic carbocycles. The Bertz CT molecular complexity index is 1720. The number of amides is 2. The van der Waals surface area contributed by atoms with Crippen LogP contribution in [0.1, 0.15) is 20.7 Å². The van der Waals surface area contributed by atoms with Crippen molar-refractivity contribution in [3.63, 3.8) is 0 Å². The van der Waals surface area contributed by atoms with Crippen molar-refractivity contribution >= 4 is 34.6 Å². The molecule has 2 amide bonds. The SMILES string of the molecule is O=C(Nc1ccc(N=Nc2ccccc2)c(NC(=O)c2c(F)c(F)c(F)c(F)c2F)c1)c1c(F)c(F)c(F)c(F)c1F. The quantitative estimate of drug-likeness (QED) is 0.102. The molecular weight excluding hydrogens is 590 g/mol. The molecule has 216 valence electrons. The van der Waals surface area contributed by atoms with E-state index in [1.807, 2.05) is 5.32 Å². The van der Waals surface area contributed by atoms with Crippen LogP contribution in [0.25, 0.3) is 0 Å². The number of nitrogens with zero attached hydrogens (tertiary/aromatic N) is 2. The highest BCUT2D eigenvalue weighted by Crippen LogP contribution is 2.33. The lowest BCUT2D eigenvalue weighted by Gasteiger charge is -2.13. The predicted octanol–water partition coefficient (Wildman–Crippen LogP) is 8.00. The summed E-state index contributed by atoms with van der Waals surface area (Å²) in [5.74, 6) is -28.3. The second-order valence-electron chi connectivity index (χ2n) is 8.07. The molecule has 4 rings (SSSR count). The maximum atomic E-state index is 14.2. The summed E-state index contributed by atoms with van der Waals surface area (Å²) in [4.78, 5) is 25.0. The molecular formula is C26H10F10N4O2. The Morgan fingerprint density at radius 3 is 1.40 bits per heavy atom. The molecule has 0 saturated carbocycles. The lowest BCUT2D eigenvalue weighted by atomic mass is 10.1. The van der Waals surface area contributed by atoms with Crippen LogP contribution in [-0.4, -0.2) is 11.8 Å². The van der Waals surface area contributed by atoms with Crippen molar-refractivity contribution in [3.8, 4) is 0 Å². The monoisotopic (exact) mass is 600 g/mol. The molecule has 0 saturated heterocycles. The molecule has 0 aromatic heterocycles. The van der Waals surface area contributed by atoms with Gasteiger partial charge in [-0.2, -0.15) is 5.11 Å². The number of carbonyl (C=O) groups excluding carboxylic acids is 2. The van der Waals surface area contributed by atoms with Gasteiger partial charge >= 0.3 is 0 Å². The summed E-state index contributed by atoms with van der Waals surface area (Å²) in [6.07, 6.45) is 0. The lowest BCUT2D eigenvalue weighted by molar-refractivity contribution is 0.100. The first-order chi connectivity index (χ1) is 19.8. The Kier molecular flexibility index (Phi) is 8.26. The second kappa shape index (κ2) is 11.7. The third-order valence-electron chi connectivity index (χ3n) is 5.41. The minimum atomic E-state index is -2.53. The highest BCUT2D eigenvalue weighted by Gasteiger charge is 2.31. The van der Waals surface area contributed by atoms with Gasteiger partial charge in [0.2, 0.25) is 11.6 Å². The summed E-state index contributed by atoms with van der Waals surface area (Å²) in [5, 5.41) is 11.3. The van der Waals surface area contributed by atoms with Crippen LogP contribution in [0.2, 0.25) is 0 Å². The molecule has 6 nitrogen and oxygen atoms in total. The molecule has 0 spiro atoms. The van der Waals surface area contributed by atoms with Gasteiger partial charge in [-0.05, 0) is 30.3 Å². The standard InChI is InChI=1S/C26H10F10N4O2/c27-15-13(16(28)20(32)23(35)19(15)31)25(41)37-10-6-7-11(40-39-9-4-2-1-3-5-9)12(8-10)38-26(42)14-17(29)21(33)24(36)22(34)18(14)30/h1-8H,(H,37,41)(H,38,42). The van der Waals surface area contributed by atoms with E-state index < -0.39 is 92.5 Å². The lowest BCUT2D eigenvalue weighted by Crippen LogP contribution is -2.20.